The fourth-order valence-electron chi connectivity index (χ4n) is 4.12. The Morgan fingerprint density at radius 2 is 1.37 bits per heavy atom. The van der Waals surface area contributed by atoms with Gasteiger partial charge in [0.25, 0.3) is 0 Å². The van der Waals surface area contributed by atoms with Crippen LogP contribution in [-0.2, 0) is 34.3 Å². The number of nitrogens with one attached hydrogen (secondary N) is 2. The Bertz CT molecular complexity index is 780. The van der Waals surface area contributed by atoms with Crippen molar-refractivity contribution < 1.29 is 31.0 Å². The van der Waals surface area contributed by atoms with E-state index in [0.29, 0.717) is 19.4 Å². The predicted molar refractivity (Wildman–Crippen MR) is 112 cm³/mol. The third-order valence-corrected chi connectivity index (χ3v) is 8.74. The van der Waals surface area contributed by atoms with Crippen molar-refractivity contribution in [1.82, 2.24) is 14.3 Å². The van der Waals surface area contributed by atoms with Gasteiger partial charge in [-0.2, -0.15) is 0 Å². The summed E-state index contributed by atoms with van der Waals surface area (Å²) in [6.45, 7) is 7.97. The molecule has 176 valence electrons. The monoisotopic (exact) mass is 469 g/mol. The lowest BCUT2D eigenvalue weighted by Gasteiger charge is -2.32. The lowest BCUT2D eigenvalue weighted by atomic mass is 10.1. The number of nitrogens with zero attached hydrogens (tertiary/aromatic N) is 1. The molecular formula is C18H35N3O7S2. The molecule has 0 bridgehead atoms. The van der Waals surface area contributed by atoms with Crippen LogP contribution in [0.4, 0.5) is 0 Å². The maximum absolute atomic E-state index is 12.2. The summed E-state index contributed by atoms with van der Waals surface area (Å²) in [6.07, 6.45) is 1.39. The SMILES string of the molecule is CCCCS(=O)(=O)NC[C@@]1(C)O[C@@H]2CO[C@H]3N2[C@@H]1O[C@]3(C)CNS(=O)(=O)CCCC. The second kappa shape index (κ2) is 8.89. The zero-order chi connectivity index (χ0) is 22.2. The van der Waals surface area contributed by atoms with Gasteiger partial charge in [-0.25, -0.2) is 31.2 Å². The van der Waals surface area contributed by atoms with E-state index in [9.17, 15) is 16.8 Å². The van der Waals surface area contributed by atoms with Gasteiger partial charge < -0.3 is 14.2 Å². The van der Waals surface area contributed by atoms with Crippen molar-refractivity contribution in [2.75, 3.05) is 31.2 Å². The van der Waals surface area contributed by atoms with E-state index in [2.05, 4.69) is 9.44 Å². The van der Waals surface area contributed by atoms with Gasteiger partial charge in [0.15, 0.2) is 0 Å². The minimum atomic E-state index is -3.41. The second-order valence-electron chi connectivity index (χ2n) is 8.79. The van der Waals surface area contributed by atoms with Gasteiger partial charge in [-0.15, -0.1) is 0 Å². The van der Waals surface area contributed by atoms with E-state index in [4.69, 9.17) is 14.2 Å². The molecule has 0 aromatic carbocycles. The van der Waals surface area contributed by atoms with Crippen LogP contribution in [0.1, 0.15) is 53.4 Å². The highest BCUT2D eigenvalue weighted by Gasteiger charge is 2.67. The summed E-state index contributed by atoms with van der Waals surface area (Å²) < 4.78 is 72.5. The summed E-state index contributed by atoms with van der Waals surface area (Å²) in [5.41, 5.74) is -1.82. The van der Waals surface area contributed by atoms with Crippen molar-refractivity contribution in [3.63, 3.8) is 0 Å². The Morgan fingerprint density at radius 1 is 0.867 bits per heavy atom. The van der Waals surface area contributed by atoms with Gasteiger partial charge in [0.1, 0.15) is 29.9 Å². The quantitative estimate of drug-likeness (QED) is 0.419. The molecule has 0 unspecified atom stereocenters. The number of ether oxygens (including phenoxy) is 3. The molecule has 0 aromatic heterocycles. The third-order valence-electron chi connectivity index (χ3n) is 5.92. The molecule has 10 nitrogen and oxygen atoms in total. The van der Waals surface area contributed by atoms with Crippen molar-refractivity contribution in [1.29, 1.82) is 0 Å². The highest BCUT2D eigenvalue weighted by molar-refractivity contribution is 7.89. The van der Waals surface area contributed by atoms with Crippen molar-refractivity contribution in [2.24, 2.45) is 0 Å². The molecule has 3 saturated heterocycles. The van der Waals surface area contributed by atoms with Gasteiger partial charge in [-0.3, -0.25) is 0 Å². The van der Waals surface area contributed by atoms with Crippen molar-refractivity contribution >= 4 is 20.0 Å². The zero-order valence-corrected chi connectivity index (χ0v) is 19.9. The van der Waals surface area contributed by atoms with Gasteiger partial charge in [0.2, 0.25) is 20.0 Å². The second-order valence-corrected chi connectivity index (χ2v) is 12.6. The maximum atomic E-state index is 12.2. The van der Waals surface area contributed by atoms with Crippen LogP contribution in [0, 0.1) is 0 Å². The molecule has 0 amide bonds. The first-order valence-corrected chi connectivity index (χ1v) is 13.9. The summed E-state index contributed by atoms with van der Waals surface area (Å²) in [4.78, 5) is 1.95. The van der Waals surface area contributed by atoms with Crippen LogP contribution >= 0.6 is 0 Å². The van der Waals surface area contributed by atoms with Crippen LogP contribution in [0.5, 0.6) is 0 Å². The fraction of sp³-hybridized carbons (Fsp3) is 1.00. The zero-order valence-electron chi connectivity index (χ0n) is 18.2. The lowest BCUT2D eigenvalue weighted by Crippen LogP contribution is -2.51. The smallest absolute Gasteiger partial charge is 0.211 e. The number of sulfonamides is 2. The Hall–Kier alpha value is -0.340. The van der Waals surface area contributed by atoms with Crippen molar-refractivity contribution in [3.8, 4) is 0 Å². The first kappa shape index (κ1) is 24.3. The molecule has 2 N–H and O–H groups in total. The molecule has 3 aliphatic rings. The summed E-state index contributed by atoms with van der Waals surface area (Å²) in [7, 11) is -6.81. The average molecular weight is 470 g/mol. The van der Waals surface area contributed by atoms with Gasteiger partial charge in [-0.1, -0.05) is 26.7 Å². The minimum absolute atomic E-state index is 0.0707. The molecule has 5 atom stereocenters. The largest absolute Gasteiger partial charge is 0.356 e. The van der Waals surface area contributed by atoms with E-state index >= 15 is 0 Å². The molecule has 3 aliphatic heterocycles. The molecule has 3 rings (SSSR count). The number of hydrogen-bond donors (Lipinski definition) is 2. The lowest BCUT2D eigenvalue weighted by molar-refractivity contribution is -0.125. The Labute approximate surface area is 180 Å². The highest BCUT2D eigenvalue weighted by atomic mass is 32.2. The summed E-state index contributed by atoms with van der Waals surface area (Å²) >= 11 is 0. The first-order chi connectivity index (χ1) is 14.0. The van der Waals surface area contributed by atoms with E-state index < -0.39 is 43.7 Å². The predicted octanol–water partition coefficient (Wildman–Crippen LogP) is 0.314. The molecule has 12 heteroatoms. The fourth-order valence-corrected chi connectivity index (χ4v) is 6.76. The molecule has 0 spiro atoms. The van der Waals surface area contributed by atoms with E-state index in [0.717, 1.165) is 12.8 Å². The van der Waals surface area contributed by atoms with Crippen molar-refractivity contribution in [2.45, 2.75) is 83.3 Å². The topological polar surface area (TPSA) is 123 Å². The van der Waals surface area contributed by atoms with Crippen LogP contribution in [0.3, 0.4) is 0 Å². The maximum Gasteiger partial charge on any atom is 0.211 e. The van der Waals surface area contributed by atoms with E-state index in [1.807, 2.05) is 32.6 Å². The standard InChI is InChI=1S/C18H35N3O7S2/c1-5-7-9-29(22,23)19-12-17(3)15-21-14(11-26-15)27-18(4,16(21)28-17)13-20-30(24,25)10-8-6-2/h14-16,19-20H,5-13H2,1-4H3/t14-,15-,16-,17-,18-/m1/s1. The van der Waals surface area contributed by atoms with E-state index in [-0.39, 0.29) is 30.8 Å². The van der Waals surface area contributed by atoms with Gasteiger partial charge >= 0.3 is 0 Å². The number of unbranched alkanes of at least 4 members (excludes halogenated alkanes) is 2. The molecule has 3 fully saturated rings. The molecular weight excluding hydrogens is 434 g/mol. The Kier molecular flexibility index (Phi) is 7.20. The Balaban J connectivity index is 1.68. The molecule has 0 aliphatic carbocycles. The van der Waals surface area contributed by atoms with Gasteiger partial charge in [-0.05, 0) is 26.7 Å². The van der Waals surface area contributed by atoms with Gasteiger partial charge in [0, 0.05) is 13.1 Å². The molecule has 30 heavy (non-hydrogen) atoms. The Morgan fingerprint density at radius 3 is 1.87 bits per heavy atom. The van der Waals surface area contributed by atoms with Crippen LogP contribution in [-0.4, -0.2) is 82.8 Å². The van der Waals surface area contributed by atoms with Crippen LogP contribution in [0.25, 0.3) is 0 Å². The third kappa shape index (κ3) is 5.01. The molecule has 0 aromatic rings. The minimum Gasteiger partial charge on any atom is -0.356 e. The summed E-state index contributed by atoms with van der Waals surface area (Å²) in [5, 5.41) is 0. The highest BCUT2D eigenvalue weighted by Crippen LogP contribution is 2.48. The van der Waals surface area contributed by atoms with Crippen LogP contribution in [0.15, 0.2) is 0 Å². The summed E-state index contributed by atoms with van der Waals surface area (Å²) in [6, 6.07) is 0. The van der Waals surface area contributed by atoms with E-state index in [1.54, 1.807) is 0 Å². The number of rotatable bonds is 12. The molecule has 0 radical (unpaired) electrons. The first-order valence-electron chi connectivity index (χ1n) is 10.6. The number of hydrogen-bond acceptors (Lipinski definition) is 8. The van der Waals surface area contributed by atoms with Gasteiger partial charge in [0.05, 0.1) is 18.1 Å². The summed E-state index contributed by atoms with van der Waals surface area (Å²) in [5.74, 6) is 0.141. The molecule has 0 saturated carbocycles. The molecule has 3 heterocycles. The van der Waals surface area contributed by atoms with Crippen LogP contribution < -0.4 is 9.44 Å². The van der Waals surface area contributed by atoms with E-state index in [1.165, 1.54) is 0 Å². The van der Waals surface area contributed by atoms with Crippen molar-refractivity contribution in [3.05, 3.63) is 0 Å². The normalized spacial score (nSPS) is 36.5. The van der Waals surface area contributed by atoms with Crippen LogP contribution in [0.2, 0.25) is 0 Å². The average Bonchev–Trinajstić information content (AvgIpc) is 3.30.